The van der Waals surface area contributed by atoms with E-state index in [4.69, 9.17) is 0 Å². The van der Waals surface area contributed by atoms with Crippen LogP contribution in [0, 0.1) is 0 Å². The lowest BCUT2D eigenvalue weighted by Crippen LogP contribution is -1.88. The molecule has 0 aliphatic heterocycles. The Morgan fingerprint density at radius 3 is 2.36 bits per heavy atom. The molecule has 0 aliphatic rings. The predicted molar refractivity (Wildman–Crippen MR) is 44.8 cm³/mol. The standard InChI is InChI=1S/C8H11N3/c1-3-5-8(4-2)11-6-9-10-7-11/h3-7H,1-2H3/b5-3-,8-4+. The van der Waals surface area contributed by atoms with Gasteiger partial charge in [-0.15, -0.1) is 10.2 Å². The van der Waals surface area contributed by atoms with Gasteiger partial charge in [-0.2, -0.15) is 0 Å². The fourth-order valence-electron chi connectivity index (χ4n) is 0.836. The first-order chi connectivity index (χ1) is 5.38. The average Bonchev–Trinajstić information content (AvgIpc) is 2.52. The van der Waals surface area contributed by atoms with Crippen LogP contribution in [0.15, 0.2) is 30.9 Å². The fourth-order valence-corrected chi connectivity index (χ4v) is 0.836. The minimum Gasteiger partial charge on any atom is -0.289 e. The highest BCUT2D eigenvalue weighted by Crippen LogP contribution is 2.03. The molecule has 0 spiro atoms. The predicted octanol–water partition coefficient (Wildman–Crippen LogP) is 1.72. The summed E-state index contributed by atoms with van der Waals surface area (Å²) in [5.74, 6) is 0. The molecule has 0 radical (unpaired) electrons. The van der Waals surface area contributed by atoms with Gasteiger partial charge in [-0.1, -0.05) is 12.2 Å². The summed E-state index contributed by atoms with van der Waals surface area (Å²) in [6.45, 7) is 3.96. The molecule has 0 aliphatic carbocycles. The van der Waals surface area contributed by atoms with Crippen LogP contribution in [0.3, 0.4) is 0 Å². The van der Waals surface area contributed by atoms with Gasteiger partial charge in [0.1, 0.15) is 12.7 Å². The third kappa shape index (κ3) is 1.77. The zero-order valence-electron chi connectivity index (χ0n) is 6.73. The molecule has 0 saturated heterocycles. The van der Waals surface area contributed by atoms with Crippen LogP contribution in [0.1, 0.15) is 13.8 Å². The molecule has 0 fully saturated rings. The van der Waals surface area contributed by atoms with Gasteiger partial charge in [-0.05, 0) is 19.9 Å². The number of nitrogens with zero attached hydrogens (tertiary/aromatic N) is 3. The largest absolute Gasteiger partial charge is 0.289 e. The molecular weight excluding hydrogens is 138 g/mol. The van der Waals surface area contributed by atoms with Gasteiger partial charge in [0.2, 0.25) is 0 Å². The molecule has 1 heterocycles. The van der Waals surface area contributed by atoms with E-state index in [1.54, 1.807) is 12.7 Å². The van der Waals surface area contributed by atoms with Crippen LogP contribution in [-0.4, -0.2) is 14.8 Å². The van der Waals surface area contributed by atoms with E-state index in [0.717, 1.165) is 5.70 Å². The molecule has 0 N–H and O–H groups in total. The second kappa shape index (κ2) is 3.71. The number of allylic oxidation sites excluding steroid dienone is 4. The normalized spacial score (nSPS) is 12.7. The maximum absolute atomic E-state index is 3.71. The topological polar surface area (TPSA) is 30.7 Å². The van der Waals surface area contributed by atoms with Gasteiger partial charge < -0.3 is 0 Å². The van der Waals surface area contributed by atoms with E-state index in [-0.39, 0.29) is 0 Å². The Labute approximate surface area is 66.1 Å². The summed E-state index contributed by atoms with van der Waals surface area (Å²) in [4.78, 5) is 0. The Bertz CT molecular complexity index is 257. The van der Waals surface area contributed by atoms with Crippen molar-refractivity contribution in [1.29, 1.82) is 0 Å². The van der Waals surface area contributed by atoms with Crippen LogP contribution in [0.2, 0.25) is 0 Å². The number of rotatable bonds is 2. The SMILES string of the molecule is C/C=C\C(=C/C)n1cnnc1. The van der Waals surface area contributed by atoms with Gasteiger partial charge in [0.25, 0.3) is 0 Å². The van der Waals surface area contributed by atoms with Crippen molar-refractivity contribution in [3.8, 4) is 0 Å². The van der Waals surface area contributed by atoms with Crippen molar-refractivity contribution in [2.24, 2.45) is 0 Å². The quantitative estimate of drug-likeness (QED) is 0.599. The molecule has 3 heteroatoms. The molecule has 1 aromatic rings. The third-order valence-corrected chi connectivity index (χ3v) is 1.35. The van der Waals surface area contributed by atoms with E-state index in [2.05, 4.69) is 10.2 Å². The Kier molecular flexibility index (Phi) is 2.60. The van der Waals surface area contributed by atoms with Gasteiger partial charge in [-0.3, -0.25) is 4.57 Å². The van der Waals surface area contributed by atoms with Crippen molar-refractivity contribution < 1.29 is 0 Å². The zero-order chi connectivity index (χ0) is 8.10. The lowest BCUT2D eigenvalue weighted by molar-refractivity contribution is 1.09. The third-order valence-electron chi connectivity index (χ3n) is 1.35. The molecule has 0 unspecified atom stereocenters. The summed E-state index contributed by atoms with van der Waals surface area (Å²) in [6, 6.07) is 0. The molecule has 0 atom stereocenters. The fraction of sp³-hybridized carbons (Fsp3) is 0.250. The first-order valence-electron chi connectivity index (χ1n) is 3.52. The van der Waals surface area contributed by atoms with Crippen LogP contribution >= 0.6 is 0 Å². The Morgan fingerprint density at radius 2 is 1.91 bits per heavy atom. The Morgan fingerprint density at radius 1 is 1.27 bits per heavy atom. The maximum Gasteiger partial charge on any atom is 0.123 e. The van der Waals surface area contributed by atoms with Crippen LogP contribution in [0.25, 0.3) is 5.70 Å². The van der Waals surface area contributed by atoms with Gasteiger partial charge in [0.15, 0.2) is 0 Å². The lowest BCUT2D eigenvalue weighted by Gasteiger charge is -1.98. The van der Waals surface area contributed by atoms with Gasteiger partial charge >= 0.3 is 0 Å². The van der Waals surface area contributed by atoms with E-state index in [1.807, 2.05) is 36.6 Å². The second-order valence-electron chi connectivity index (χ2n) is 2.08. The summed E-state index contributed by atoms with van der Waals surface area (Å²) in [7, 11) is 0. The van der Waals surface area contributed by atoms with Crippen molar-refractivity contribution in [2.75, 3.05) is 0 Å². The number of aromatic nitrogens is 3. The van der Waals surface area contributed by atoms with E-state index in [0.29, 0.717) is 0 Å². The average molecular weight is 149 g/mol. The Hall–Kier alpha value is -1.38. The van der Waals surface area contributed by atoms with Crippen LogP contribution in [-0.2, 0) is 0 Å². The summed E-state index contributed by atoms with van der Waals surface area (Å²) in [5, 5.41) is 7.42. The molecule has 0 amide bonds. The highest BCUT2D eigenvalue weighted by molar-refractivity contribution is 5.55. The molecule has 11 heavy (non-hydrogen) atoms. The smallest absolute Gasteiger partial charge is 0.123 e. The molecule has 58 valence electrons. The molecule has 1 rings (SSSR count). The Balaban J connectivity index is 2.89. The van der Waals surface area contributed by atoms with Crippen molar-refractivity contribution in [3.05, 3.63) is 30.9 Å². The van der Waals surface area contributed by atoms with Gasteiger partial charge in [0, 0.05) is 5.70 Å². The monoisotopic (exact) mass is 149 g/mol. The van der Waals surface area contributed by atoms with Crippen molar-refractivity contribution in [1.82, 2.24) is 14.8 Å². The first kappa shape index (κ1) is 7.72. The highest BCUT2D eigenvalue weighted by Gasteiger charge is 1.91. The van der Waals surface area contributed by atoms with Crippen molar-refractivity contribution in [3.63, 3.8) is 0 Å². The molecule has 3 nitrogen and oxygen atoms in total. The molecule has 0 saturated carbocycles. The minimum atomic E-state index is 1.08. The van der Waals surface area contributed by atoms with Crippen LogP contribution < -0.4 is 0 Å². The summed E-state index contributed by atoms with van der Waals surface area (Å²) >= 11 is 0. The zero-order valence-corrected chi connectivity index (χ0v) is 6.73. The second-order valence-corrected chi connectivity index (χ2v) is 2.08. The highest BCUT2D eigenvalue weighted by atomic mass is 15.2. The van der Waals surface area contributed by atoms with E-state index in [1.165, 1.54) is 0 Å². The summed E-state index contributed by atoms with van der Waals surface area (Å²) in [6.07, 6.45) is 9.34. The maximum atomic E-state index is 3.71. The van der Waals surface area contributed by atoms with Crippen molar-refractivity contribution >= 4 is 5.70 Å². The molecule has 0 bridgehead atoms. The summed E-state index contributed by atoms with van der Waals surface area (Å²) < 4.78 is 1.86. The summed E-state index contributed by atoms with van der Waals surface area (Å²) in [5.41, 5.74) is 1.08. The van der Waals surface area contributed by atoms with Crippen LogP contribution in [0.5, 0.6) is 0 Å². The van der Waals surface area contributed by atoms with E-state index >= 15 is 0 Å². The number of hydrogen-bond acceptors (Lipinski definition) is 2. The first-order valence-corrected chi connectivity index (χ1v) is 3.52. The minimum absolute atomic E-state index is 1.08. The van der Waals surface area contributed by atoms with E-state index < -0.39 is 0 Å². The van der Waals surface area contributed by atoms with Crippen molar-refractivity contribution in [2.45, 2.75) is 13.8 Å². The van der Waals surface area contributed by atoms with E-state index in [9.17, 15) is 0 Å². The lowest BCUT2D eigenvalue weighted by atomic mass is 10.3. The van der Waals surface area contributed by atoms with Gasteiger partial charge in [-0.25, -0.2) is 0 Å². The van der Waals surface area contributed by atoms with Gasteiger partial charge in [0.05, 0.1) is 0 Å². The molecule has 1 aromatic heterocycles. The number of hydrogen-bond donors (Lipinski definition) is 0. The molecular formula is C8H11N3. The van der Waals surface area contributed by atoms with Crippen LogP contribution in [0.4, 0.5) is 0 Å². The molecule has 0 aromatic carbocycles.